The van der Waals surface area contributed by atoms with E-state index in [2.05, 4.69) is 34.6 Å². The molecule has 3 aliphatic carbocycles. The standard InChI is InChI=1S/C19H35N/c1-6-19(20)12-16(19)13-7-8-14-15(11-13)18(4,5)10-9-17(14,2)3/h13-16H,6-12,20H2,1-5H3. The topological polar surface area (TPSA) is 26.0 Å². The zero-order valence-corrected chi connectivity index (χ0v) is 14.3. The molecule has 5 unspecified atom stereocenters. The van der Waals surface area contributed by atoms with Crippen LogP contribution < -0.4 is 5.73 Å². The lowest BCUT2D eigenvalue weighted by Crippen LogP contribution is -2.47. The van der Waals surface area contributed by atoms with Gasteiger partial charge in [-0.3, -0.25) is 0 Å². The Morgan fingerprint density at radius 3 is 2.05 bits per heavy atom. The first-order valence-corrected chi connectivity index (χ1v) is 8.98. The lowest BCUT2D eigenvalue weighted by atomic mass is 9.49. The van der Waals surface area contributed by atoms with E-state index in [0.717, 1.165) is 23.7 Å². The molecular weight excluding hydrogens is 242 g/mol. The molecule has 1 heteroatoms. The van der Waals surface area contributed by atoms with Crippen LogP contribution in [0, 0.1) is 34.5 Å². The van der Waals surface area contributed by atoms with E-state index >= 15 is 0 Å². The maximum atomic E-state index is 6.51. The minimum Gasteiger partial charge on any atom is -0.325 e. The minimum atomic E-state index is 0.214. The van der Waals surface area contributed by atoms with Gasteiger partial charge in [0.1, 0.15) is 0 Å². The molecule has 0 spiro atoms. The molecule has 0 aromatic carbocycles. The molecule has 1 nitrogen and oxygen atoms in total. The fourth-order valence-corrected chi connectivity index (χ4v) is 5.78. The molecular formula is C19H35N. The molecule has 116 valence electrons. The van der Waals surface area contributed by atoms with E-state index < -0.39 is 0 Å². The van der Waals surface area contributed by atoms with E-state index in [4.69, 9.17) is 5.73 Å². The first-order chi connectivity index (χ1) is 9.20. The van der Waals surface area contributed by atoms with Gasteiger partial charge in [-0.05, 0) is 79.4 Å². The third-order valence-corrected chi connectivity index (χ3v) is 7.72. The quantitative estimate of drug-likeness (QED) is 0.756. The normalized spacial score (nSPS) is 49.5. The predicted molar refractivity (Wildman–Crippen MR) is 86.4 cm³/mol. The molecule has 0 radical (unpaired) electrons. The SMILES string of the molecule is CCC1(N)CC1C1CCC2C(C1)C(C)(C)CCC2(C)C. The van der Waals surface area contributed by atoms with E-state index in [-0.39, 0.29) is 5.54 Å². The second-order valence-electron chi connectivity index (χ2n) is 9.66. The maximum Gasteiger partial charge on any atom is 0.0187 e. The van der Waals surface area contributed by atoms with Crippen molar-refractivity contribution in [3.63, 3.8) is 0 Å². The number of fused-ring (bicyclic) bond motifs is 1. The van der Waals surface area contributed by atoms with Crippen molar-refractivity contribution in [2.24, 2.45) is 40.2 Å². The average molecular weight is 277 g/mol. The van der Waals surface area contributed by atoms with Gasteiger partial charge < -0.3 is 5.73 Å². The van der Waals surface area contributed by atoms with Crippen molar-refractivity contribution in [1.29, 1.82) is 0 Å². The largest absolute Gasteiger partial charge is 0.325 e. The highest BCUT2D eigenvalue weighted by Gasteiger charge is 2.57. The summed E-state index contributed by atoms with van der Waals surface area (Å²) in [6, 6.07) is 0. The van der Waals surface area contributed by atoms with Crippen LogP contribution in [-0.2, 0) is 0 Å². The van der Waals surface area contributed by atoms with Crippen molar-refractivity contribution < 1.29 is 0 Å². The first kappa shape index (κ1) is 14.9. The third kappa shape index (κ3) is 2.25. The third-order valence-electron chi connectivity index (χ3n) is 7.72. The summed E-state index contributed by atoms with van der Waals surface area (Å²) >= 11 is 0. The van der Waals surface area contributed by atoms with Gasteiger partial charge in [0.15, 0.2) is 0 Å². The van der Waals surface area contributed by atoms with Crippen LogP contribution in [0.4, 0.5) is 0 Å². The summed E-state index contributed by atoms with van der Waals surface area (Å²) in [5, 5.41) is 0. The Hall–Kier alpha value is -0.0400. The van der Waals surface area contributed by atoms with Gasteiger partial charge in [0.2, 0.25) is 0 Å². The second-order valence-corrected chi connectivity index (χ2v) is 9.66. The molecule has 3 rings (SSSR count). The molecule has 2 N–H and O–H groups in total. The Labute approximate surface area is 126 Å². The van der Waals surface area contributed by atoms with Crippen LogP contribution in [0.5, 0.6) is 0 Å². The van der Waals surface area contributed by atoms with E-state index in [1.165, 1.54) is 44.9 Å². The van der Waals surface area contributed by atoms with Crippen LogP contribution in [0.25, 0.3) is 0 Å². The van der Waals surface area contributed by atoms with Gasteiger partial charge >= 0.3 is 0 Å². The number of rotatable bonds is 2. The van der Waals surface area contributed by atoms with Gasteiger partial charge in [0.25, 0.3) is 0 Å². The molecule has 0 saturated heterocycles. The minimum absolute atomic E-state index is 0.214. The second kappa shape index (κ2) is 4.48. The van der Waals surface area contributed by atoms with Crippen molar-refractivity contribution in [2.45, 2.75) is 85.1 Å². The highest BCUT2D eigenvalue weighted by Crippen LogP contribution is 2.62. The van der Waals surface area contributed by atoms with Crippen LogP contribution in [0.1, 0.15) is 79.6 Å². The molecule has 0 aromatic heterocycles. The van der Waals surface area contributed by atoms with Gasteiger partial charge in [-0.15, -0.1) is 0 Å². The average Bonchev–Trinajstić information content (AvgIpc) is 3.08. The molecule has 3 fully saturated rings. The van der Waals surface area contributed by atoms with Gasteiger partial charge in [-0.1, -0.05) is 34.6 Å². The number of hydrogen-bond acceptors (Lipinski definition) is 1. The van der Waals surface area contributed by atoms with Crippen molar-refractivity contribution in [3.05, 3.63) is 0 Å². The molecule has 0 amide bonds. The van der Waals surface area contributed by atoms with Crippen LogP contribution in [0.3, 0.4) is 0 Å². The van der Waals surface area contributed by atoms with E-state index in [9.17, 15) is 0 Å². The number of nitrogens with two attached hydrogens (primary N) is 1. The summed E-state index contributed by atoms with van der Waals surface area (Å²) in [7, 11) is 0. The highest BCUT2D eigenvalue weighted by molar-refractivity contribution is 5.11. The van der Waals surface area contributed by atoms with E-state index in [1.54, 1.807) is 0 Å². The van der Waals surface area contributed by atoms with E-state index in [0.29, 0.717) is 10.8 Å². The Morgan fingerprint density at radius 2 is 1.50 bits per heavy atom. The molecule has 20 heavy (non-hydrogen) atoms. The summed E-state index contributed by atoms with van der Waals surface area (Å²) < 4.78 is 0. The molecule has 0 heterocycles. The lowest BCUT2D eigenvalue weighted by molar-refractivity contribution is -0.0622. The summed E-state index contributed by atoms with van der Waals surface area (Å²) in [5.74, 6) is 3.66. The van der Waals surface area contributed by atoms with Gasteiger partial charge in [-0.25, -0.2) is 0 Å². The summed E-state index contributed by atoms with van der Waals surface area (Å²) in [6.07, 6.45) is 9.69. The predicted octanol–water partition coefficient (Wildman–Crippen LogP) is 4.99. The molecule has 0 aliphatic heterocycles. The Bertz CT molecular complexity index is 383. The van der Waals surface area contributed by atoms with Crippen molar-refractivity contribution in [1.82, 2.24) is 0 Å². The van der Waals surface area contributed by atoms with Crippen LogP contribution in [0.2, 0.25) is 0 Å². The zero-order valence-electron chi connectivity index (χ0n) is 14.3. The lowest BCUT2D eigenvalue weighted by Gasteiger charge is -2.56. The Balaban J connectivity index is 1.75. The van der Waals surface area contributed by atoms with Crippen molar-refractivity contribution >= 4 is 0 Å². The monoisotopic (exact) mass is 277 g/mol. The molecule has 0 bridgehead atoms. The smallest absolute Gasteiger partial charge is 0.0187 e. The van der Waals surface area contributed by atoms with E-state index in [1.807, 2.05) is 0 Å². The molecule has 3 aliphatic rings. The summed E-state index contributed by atoms with van der Waals surface area (Å²) in [4.78, 5) is 0. The molecule has 0 aromatic rings. The van der Waals surface area contributed by atoms with Crippen molar-refractivity contribution in [2.75, 3.05) is 0 Å². The molecule has 3 saturated carbocycles. The zero-order chi connectivity index (χ0) is 14.8. The highest BCUT2D eigenvalue weighted by atomic mass is 14.9. The van der Waals surface area contributed by atoms with Gasteiger partial charge in [0.05, 0.1) is 0 Å². The van der Waals surface area contributed by atoms with Crippen LogP contribution in [-0.4, -0.2) is 5.54 Å². The fourth-order valence-electron chi connectivity index (χ4n) is 5.78. The van der Waals surface area contributed by atoms with Gasteiger partial charge in [0, 0.05) is 5.54 Å². The number of hydrogen-bond donors (Lipinski definition) is 1. The first-order valence-electron chi connectivity index (χ1n) is 8.98. The summed E-state index contributed by atoms with van der Waals surface area (Å²) in [6.45, 7) is 12.4. The van der Waals surface area contributed by atoms with Crippen LogP contribution in [0.15, 0.2) is 0 Å². The van der Waals surface area contributed by atoms with Crippen LogP contribution >= 0.6 is 0 Å². The Kier molecular flexibility index (Phi) is 3.33. The van der Waals surface area contributed by atoms with Crippen molar-refractivity contribution in [3.8, 4) is 0 Å². The Morgan fingerprint density at radius 1 is 0.900 bits per heavy atom. The van der Waals surface area contributed by atoms with Gasteiger partial charge in [-0.2, -0.15) is 0 Å². The summed E-state index contributed by atoms with van der Waals surface area (Å²) in [5.41, 5.74) is 7.85. The fraction of sp³-hybridized carbons (Fsp3) is 1.00. The maximum absolute atomic E-state index is 6.51. The molecule has 5 atom stereocenters.